The zero-order valence-corrected chi connectivity index (χ0v) is 15.6. The van der Waals surface area contributed by atoms with Gasteiger partial charge in [-0.1, -0.05) is 56.0 Å². The molecule has 2 fully saturated rings. The van der Waals surface area contributed by atoms with Gasteiger partial charge in [0.05, 0.1) is 0 Å². The number of nitrogens with zero attached hydrogens (tertiary/aromatic N) is 2. The van der Waals surface area contributed by atoms with E-state index in [0.717, 1.165) is 17.9 Å². The maximum atomic E-state index is 12.9. The van der Waals surface area contributed by atoms with Gasteiger partial charge >= 0.3 is 0 Å². The van der Waals surface area contributed by atoms with Gasteiger partial charge in [-0.25, -0.2) is 0 Å². The Morgan fingerprint density at radius 3 is 2.71 bits per heavy atom. The fourth-order valence-corrected chi connectivity index (χ4v) is 5.06. The lowest BCUT2D eigenvalue weighted by atomic mass is 10.0. The average molecular weight is 363 g/mol. The van der Waals surface area contributed by atoms with E-state index in [1.54, 1.807) is 21.6 Å². The molecule has 0 saturated carbocycles. The van der Waals surface area contributed by atoms with Gasteiger partial charge in [0.15, 0.2) is 0 Å². The number of thioether (sulfide) groups is 1. The highest BCUT2D eigenvalue weighted by Crippen LogP contribution is 2.32. The van der Waals surface area contributed by atoms with Crippen LogP contribution in [0.5, 0.6) is 0 Å². The van der Waals surface area contributed by atoms with Crippen LogP contribution < -0.4 is 4.90 Å². The van der Waals surface area contributed by atoms with Gasteiger partial charge < -0.3 is 4.90 Å². The monoisotopic (exact) mass is 362 g/mol. The molecule has 2 aliphatic heterocycles. The summed E-state index contributed by atoms with van der Waals surface area (Å²) in [5.41, 5.74) is 0.872. The third kappa shape index (κ3) is 3.35. The average Bonchev–Trinajstić information content (AvgIpc) is 3.11. The molecule has 0 aromatic heterocycles. The number of hydrogen-bond acceptors (Lipinski definition) is 4. The van der Waals surface area contributed by atoms with E-state index in [4.69, 9.17) is 12.2 Å². The second kappa shape index (κ2) is 7.23. The molecule has 1 aromatic rings. The maximum absolute atomic E-state index is 12.9. The van der Waals surface area contributed by atoms with Crippen molar-refractivity contribution in [1.82, 2.24) is 4.90 Å². The minimum absolute atomic E-state index is 0.0457. The highest BCUT2D eigenvalue weighted by Gasteiger charge is 2.39. The number of carbonyl (C=O) groups is 2. The third-order valence-electron chi connectivity index (χ3n) is 4.71. The van der Waals surface area contributed by atoms with E-state index in [1.165, 1.54) is 0 Å². The van der Waals surface area contributed by atoms with Crippen LogP contribution in [0, 0.1) is 5.92 Å². The molecule has 0 unspecified atom stereocenters. The molecule has 0 spiro atoms. The lowest BCUT2D eigenvalue weighted by Crippen LogP contribution is -2.44. The fourth-order valence-electron chi connectivity index (χ4n) is 3.39. The second-order valence-corrected chi connectivity index (χ2v) is 8.30. The summed E-state index contributed by atoms with van der Waals surface area (Å²) in [6.07, 6.45) is 1.56. The van der Waals surface area contributed by atoms with E-state index in [9.17, 15) is 9.59 Å². The minimum atomic E-state index is -0.0754. The van der Waals surface area contributed by atoms with Crippen LogP contribution >= 0.6 is 24.0 Å². The van der Waals surface area contributed by atoms with Crippen LogP contribution in [0.2, 0.25) is 0 Å². The third-order valence-corrected chi connectivity index (χ3v) is 6.22. The lowest BCUT2D eigenvalue weighted by molar-refractivity contribution is -0.129. The molecule has 2 heterocycles. The predicted octanol–water partition coefficient (Wildman–Crippen LogP) is 3.46. The molecule has 1 aromatic carbocycles. The Labute approximate surface area is 152 Å². The van der Waals surface area contributed by atoms with Gasteiger partial charge in [0, 0.05) is 36.4 Å². The molecular weight excluding hydrogens is 340 g/mol. The number of amides is 2. The first-order valence-corrected chi connectivity index (χ1v) is 9.74. The summed E-state index contributed by atoms with van der Waals surface area (Å²) >= 11 is 6.97. The van der Waals surface area contributed by atoms with E-state index >= 15 is 0 Å². The van der Waals surface area contributed by atoms with Crippen molar-refractivity contribution in [2.45, 2.75) is 45.2 Å². The number of benzene rings is 1. The summed E-state index contributed by atoms with van der Waals surface area (Å²) in [5, 5.41) is 0. The van der Waals surface area contributed by atoms with Crippen molar-refractivity contribution in [2.24, 2.45) is 5.92 Å². The number of hydrogen-bond donors (Lipinski definition) is 0. The standard InChI is InChI=1S/C18H22N2O2S2/c1-12(2)15-11-24-18(23)20(15)17(22)10-14-8-9-16(21)19(14)13-6-4-3-5-7-13/h3-7,12,14-15H,8-11H2,1-2H3/t14-,15-/m1/s1. The summed E-state index contributed by atoms with van der Waals surface area (Å²) < 4.78 is 0.675. The molecule has 128 valence electrons. The molecule has 2 amide bonds. The van der Waals surface area contributed by atoms with Crippen LogP contribution in [0.15, 0.2) is 30.3 Å². The molecule has 4 nitrogen and oxygen atoms in total. The molecule has 0 N–H and O–H groups in total. The van der Waals surface area contributed by atoms with Crippen LogP contribution in [0.4, 0.5) is 5.69 Å². The van der Waals surface area contributed by atoms with E-state index < -0.39 is 0 Å². The van der Waals surface area contributed by atoms with Crippen molar-refractivity contribution in [3.8, 4) is 0 Å². The van der Waals surface area contributed by atoms with E-state index in [0.29, 0.717) is 23.1 Å². The number of para-hydroxylation sites is 1. The molecular formula is C18H22N2O2S2. The van der Waals surface area contributed by atoms with Gasteiger partial charge in [-0.15, -0.1) is 0 Å². The lowest BCUT2D eigenvalue weighted by Gasteiger charge is -2.30. The molecule has 0 bridgehead atoms. The minimum Gasteiger partial charge on any atom is -0.309 e. The van der Waals surface area contributed by atoms with Crippen molar-refractivity contribution < 1.29 is 9.59 Å². The summed E-state index contributed by atoms with van der Waals surface area (Å²) in [6.45, 7) is 4.24. The molecule has 6 heteroatoms. The summed E-state index contributed by atoms with van der Waals surface area (Å²) in [5.74, 6) is 1.38. The predicted molar refractivity (Wildman–Crippen MR) is 102 cm³/mol. The molecule has 3 rings (SSSR count). The Balaban J connectivity index is 1.76. The van der Waals surface area contributed by atoms with Gasteiger partial charge in [-0.2, -0.15) is 0 Å². The first-order valence-electron chi connectivity index (χ1n) is 8.35. The van der Waals surface area contributed by atoms with Crippen LogP contribution in [0.25, 0.3) is 0 Å². The fraction of sp³-hybridized carbons (Fsp3) is 0.500. The second-order valence-electron chi connectivity index (χ2n) is 6.65. The van der Waals surface area contributed by atoms with E-state index in [-0.39, 0.29) is 23.9 Å². The first kappa shape index (κ1) is 17.4. The number of thiocarbonyl (C=S) groups is 1. The number of rotatable bonds is 4. The van der Waals surface area contributed by atoms with E-state index in [1.807, 2.05) is 30.3 Å². The normalized spacial score (nSPS) is 24.3. The molecule has 24 heavy (non-hydrogen) atoms. The molecule has 2 atom stereocenters. The highest BCUT2D eigenvalue weighted by molar-refractivity contribution is 8.23. The quantitative estimate of drug-likeness (QED) is 0.769. The zero-order chi connectivity index (χ0) is 17.3. The smallest absolute Gasteiger partial charge is 0.230 e. The molecule has 2 aliphatic rings. The SMILES string of the molecule is CC(C)[C@H]1CSC(=S)N1C(=O)C[C@H]1CCC(=O)N1c1ccccc1. The van der Waals surface area contributed by atoms with Crippen molar-refractivity contribution in [2.75, 3.05) is 10.7 Å². The Morgan fingerprint density at radius 1 is 1.33 bits per heavy atom. The number of carbonyl (C=O) groups excluding carboxylic acids is 2. The van der Waals surface area contributed by atoms with Crippen molar-refractivity contribution in [3.63, 3.8) is 0 Å². The first-order chi connectivity index (χ1) is 11.5. The summed E-state index contributed by atoms with van der Waals surface area (Å²) in [6, 6.07) is 9.70. The largest absolute Gasteiger partial charge is 0.309 e. The van der Waals surface area contributed by atoms with Gasteiger partial charge in [0.1, 0.15) is 4.32 Å². The van der Waals surface area contributed by atoms with Crippen LogP contribution in [0.3, 0.4) is 0 Å². The summed E-state index contributed by atoms with van der Waals surface area (Å²) in [4.78, 5) is 28.8. The molecule has 0 radical (unpaired) electrons. The van der Waals surface area contributed by atoms with Crippen molar-refractivity contribution >= 4 is 45.8 Å². The van der Waals surface area contributed by atoms with Crippen LogP contribution in [-0.4, -0.2) is 38.9 Å². The maximum Gasteiger partial charge on any atom is 0.230 e. The van der Waals surface area contributed by atoms with Gasteiger partial charge in [-0.3, -0.25) is 14.5 Å². The van der Waals surface area contributed by atoms with Gasteiger partial charge in [0.2, 0.25) is 11.8 Å². The van der Waals surface area contributed by atoms with Crippen molar-refractivity contribution in [3.05, 3.63) is 30.3 Å². The summed E-state index contributed by atoms with van der Waals surface area (Å²) in [7, 11) is 0. The topological polar surface area (TPSA) is 40.6 Å². The molecule has 0 aliphatic carbocycles. The Hall–Kier alpha value is -1.40. The highest BCUT2D eigenvalue weighted by atomic mass is 32.2. The van der Waals surface area contributed by atoms with Crippen LogP contribution in [0.1, 0.15) is 33.1 Å². The van der Waals surface area contributed by atoms with Crippen molar-refractivity contribution in [1.29, 1.82) is 0 Å². The van der Waals surface area contributed by atoms with Gasteiger partial charge in [-0.05, 0) is 24.5 Å². The zero-order valence-electron chi connectivity index (χ0n) is 14.0. The number of anilines is 1. The van der Waals surface area contributed by atoms with E-state index in [2.05, 4.69) is 13.8 Å². The molecule has 2 saturated heterocycles. The Morgan fingerprint density at radius 2 is 2.04 bits per heavy atom. The van der Waals surface area contributed by atoms with Crippen LogP contribution in [-0.2, 0) is 9.59 Å². The van der Waals surface area contributed by atoms with Gasteiger partial charge in [0.25, 0.3) is 0 Å². The Kier molecular flexibility index (Phi) is 5.25. The Bertz CT molecular complexity index is 648.